The molecule has 1 heterocycles. The van der Waals surface area contributed by atoms with Crippen molar-refractivity contribution in [2.24, 2.45) is 5.10 Å². The van der Waals surface area contributed by atoms with Gasteiger partial charge in [0.2, 0.25) is 0 Å². The fraction of sp³-hybridized carbons (Fsp3) is 0.133. The quantitative estimate of drug-likeness (QED) is 0.481. The van der Waals surface area contributed by atoms with Crippen LogP contribution in [0, 0.1) is 6.92 Å². The third-order valence-corrected chi connectivity index (χ3v) is 2.89. The van der Waals surface area contributed by atoms with Crippen LogP contribution in [-0.4, -0.2) is 34.8 Å². The molecular weight excluding hydrogens is 302 g/mol. The molecule has 0 spiro atoms. The number of hydrogen-bond donors (Lipinski definition) is 4. The molecule has 1 aromatic carbocycles. The first-order valence-corrected chi connectivity index (χ1v) is 6.63. The van der Waals surface area contributed by atoms with Crippen molar-refractivity contribution in [3.8, 4) is 11.5 Å². The van der Waals surface area contributed by atoms with Crippen molar-refractivity contribution >= 4 is 18.0 Å². The van der Waals surface area contributed by atoms with Gasteiger partial charge in [-0.2, -0.15) is 5.10 Å². The number of carbonyl (C=O) groups excluding carboxylic acids is 2. The number of aromatic hydroxyl groups is 2. The smallest absolute Gasteiger partial charge is 0.287 e. The van der Waals surface area contributed by atoms with E-state index in [0.717, 1.165) is 0 Å². The summed E-state index contributed by atoms with van der Waals surface area (Å²) in [6.07, 6.45) is 2.60. The lowest BCUT2D eigenvalue weighted by Gasteiger charge is -2.05. The predicted octanol–water partition coefficient (Wildman–Crippen LogP) is 0.879. The Morgan fingerprint density at radius 2 is 2.13 bits per heavy atom. The van der Waals surface area contributed by atoms with Gasteiger partial charge in [-0.15, -0.1) is 0 Å². The van der Waals surface area contributed by atoms with E-state index in [1.54, 1.807) is 13.0 Å². The number of amides is 2. The lowest BCUT2D eigenvalue weighted by Crippen LogP contribution is -2.34. The number of hydrogen-bond acceptors (Lipinski definition) is 6. The molecule has 2 amide bonds. The van der Waals surface area contributed by atoms with Crippen molar-refractivity contribution in [2.75, 3.05) is 6.54 Å². The Morgan fingerprint density at radius 3 is 2.78 bits per heavy atom. The summed E-state index contributed by atoms with van der Waals surface area (Å²) < 4.78 is 4.88. The molecule has 0 saturated heterocycles. The highest BCUT2D eigenvalue weighted by molar-refractivity contribution is 5.94. The molecule has 23 heavy (non-hydrogen) atoms. The third-order valence-electron chi connectivity index (χ3n) is 2.89. The van der Waals surface area contributed by atoms with Gasteiger partial charge in [0.15, 0.2) is 5.76 Å². The van der Waals surface area contributed by atoms with Crippen LogP contribution in [-0.2, 0) is 4.79 Å². The lowest BCUT2D eigenvalue weighted by molar-refractivity contribution is -0.120. The molecule has 0 bridgehead atoms. The molecule has 0 aliphatic carbocycles. The molecule has 0 fully saturated rings. The average molecular weight is 317 g/mol. The largest absolute Gasteiger partial charge is 0.508 e. The molecule has 2 rings (SSSR count). The summed E-state index contributed by atoms with van der Waals surface area (Å²) in [4.78, 5) is 23.1. The molecular formula is C15H15N3O5. The topological polar surface area (TPSA) is 124 Å². The summed E-state index contributed by atoms with van der Waals surface area (Å²) in [5.41, 5.74) is 3.17. The van der Waals surface area contributed by atoms with Crippen LogP contribution in [0.1, 0.15) is 21.7 Å². The van der Waals surface area contributed by atoms with Gasteiger partial charge >= 0.3 is 0 Å². The number of nitrogens with one attached hydrogen (secondary N) is 2. The van der Waals surface area contributed by atoms with Gasteiger partial charge in [0.05, 0.1) is 19.0 Å². The number of phenols is 2. The van der Waals surface area contributed by atoms with Crippen LogP contribution in [0.5, 0.6) is 11.5 Å². The Labute approximate surface area is 131 Å². The van der Waals surface area contributed by atoms with Gasteiger partial charge in [0, 0.05) is 11.6 Å². The van der Waals surface area contributed by atoms with E-state index in [2.05, 4.69) is 15.8 Å². The molecule has 120 valence electrons. The van der Waals surface area contributed by atoms with Crippen LogP contribution < -0.4 is 10.7 Å². The molecule has 0 unspecified atom stereocenters. The van der Waals surface area contributed by atoms with E-state index in [4.69, 9.17) is 4.42 Å². The van der Waals surface area contributed by atoms with Crippen molar-refractivity contribution in [3.05, 3.63) is 47.4 Å². The Morgan fingerprint density at radius 1 is 1.35 bits per heavy atom. The number of carbonyl (C=O) groups is 2. The number of rotatable bonds is 5. The molecule has 8 nitrogen and oxygen atoms in total. The maximum absolute atomic E-state index is 11.6. The van der Waals surface area contributed by atoms with E-state index < -0.39 is 11.8 Å². The van der Waals surface area contributed by atoms with Gasteiger partial charge in [0.25, 0.3) is 11.8 Å². The number of nitrogens with zero attached hydrogens (tertiary/aromatic N) is 1. The minimum atomic E-state index is -0.544. The van der Waals surface area contributed by atoms with Crippen molar-refractivity contribution in [3.63, 3.8) is 0 Å². The molecule has 0 saturated carbocycles. The Balaban J connectivity index is 1.86. The van der Waals surface area contributed by atoms with E-state index in [-0.39, 0.29) is 23.8 Å². The van der Waals surface area contributed by atoms with Crippen molar-refractivity contribution < 1.29 is 24.2 Å². The summed E-state index contributed by atoms with van der Waals surface area (Å²) in [5.74, 6) is -1.18. The third kappa shape index (κ3) is 4.34. The van der Waals surface area contributed by atoms with E-state index in [9.17, 15) is 19.8 Å². The highest BCUT2D eigenvalue weighted by Gasteiger charge is 2.10. The molecule has 0 atom stereocenters. The second-order valence-electron chi connectivity index (χ2n) is 4.65. The number of benzene rings is 1. The van der Waals surface area contributed by atoms with Gasteiger partial charge in [-0.1, -0.05) is 0 Å². The molecule has 0 aliphatic heterocycles. The Bertz CT molecular complexity index is 715. The van der Waals surface area contributed by atoms with Crippen LogP contribution >= 0.6 is 0 Å². The van der Waals surface area contributed by atoms with Crippen LogP contribution in [0.25, 0.3) is 0 Å². The number of phenolic OH excluding ortho intramolecular Hbond substituents is 2. The van der Waals surface area contributed by atoms with Gasteiger partial charge in [-0.25, -0.2) is 5.43 Å². The number of aryl methyl sites for hydroxylation is 1. The fourth-order valence-electron chi connectivity index (χ4n) is 1.79. The molecule has 0 radical (unpaired) electrons. The molecule has 2 aromatic rings. The van der Waals surface area contributed by atoms with Crippen molar-refractivity contribution in [2.45, 2.75) is 6.92 Å². The molecule has 1 aromatic heterocycles. The maximum atomic E-state index is 11.6. The fourth-order valence-corrected chi connectivity index (χ4v) is 1.79. The first-order chi connectivity index (χ1) is 11.0. The van der Waals surface area contributed by atoms with Gasteiger partial charge < -0.3 is 19.9 Å². The highest BCUT2D eigenvalue weighted by atomic mass is 16.3. The Kier molecular flexibility index (Phi) is 4.98. The van der Waals surface area contributed by atoms with Crippen molar-refractivity contribution in [1.29, 1.82) is 0 Å². The SMILES string of the molecule is Cc1cc(O)cc(O)c1C=NNC(=O)CNC(=O)c1ccco1. The van der Waals surface area contributed by atoms with E-state index >= 15 is 0 Å². The standard InChI is InChI=1S/C15H15N3O5/c1-9-5-10(19)6-12(20)11(9)7-17-18-14(21)8-16-15(22)13-3-2-4-23-13/h2-7,19-20H,8H2,1H3,(H,16,22)(H,18,21). The zero-order valence-electron chi connectivity index (χ0n) is 12.2. The number of hydrazone groups is 1. The monoisotopic (exact) mass is 317 g/mol. The Hall–Kier alpha value is -3.29. The summed E-state index contributed by atoms with van der Waals surface area (Å²) >= 11 is 0. The van der Waals surface area contributed by atoms with E-state index in [1.807, 2.05) is 0 Å². The first-order valence-electron chi connectivity index (χ1n) is 6.63. The van der Waals surface area contributed by atoms with E-state index in [0.29, 0.717) is 11.1 Å². The minimum absolute atomic E-state index is 0.0678. The minimum Gasteiger partial charge on any atom is -0.508 e. The first kappa shape index (κ1) is 16.1. The second-order valence-corrected chi connectivity index (χ2v) is 4.65. The summed E-state index contributed by atoms with van der Waals surface area (Å²) in [6.45, 7) is 1.39. The summed E-state index contributed by atoms with van der Waals surface area (Å²) in [7, 11) is 0. The molecule has 0 aliphatic rings. The lowest BCUT2D eigenvalue weighted by atomic mass is 10.1. The van der Waals surface area contributed by atoms with Crippen LogP contribution in [0.4, 0.5) is 0 Å². The molecule has 8 heteroatoms. The molecule has 4 N–H and O–H groups in total. The van der Waals surface area contributed by atoms with Gasteiger partial charge in [0.1, 0.15) is 11.5 Å². The van der Waals surface area contributed by atoms with Crippen LogP contribution in [0.15, 0.2) is 40.0 Å². The predicted molar refractivity (Wildman–Crippen MR) is 81.3 cm³/mol. The summed E-state index contributed by atoms with van der Waals surface area (Å²) in [5, 5.41) is 25.1. The average Bonchev–Trinajstić information content (AvgIpc) is 3.01. The zero-order chi connectivity index (χ0) is 16.8. The zero-order valence-corrected chi connectivity index (χ0v) is 12.2. The van der Waals surface area contributed by atoms with Gasteiger partial charge in [-0.3, -0.25) is 9.59 Å². The number of furan rings is 1. The van der Waals surface area contributed by atoms with Crippen molar-refractivity contribution in [1.82, 2.24) is 10.7 Å². The van der Waals surface area contributed by atoms with Crippen LogP contribution in [0.2, 0.25) is 0 Å². The highest BCUT2D eigenvalue weighted by Crippen LogP contribution is 2.24. The van der Waals surface area contributed by atoms with Crippen LogP contribution in [0.3, 0.4) is 0 Å². The second kappa shape index (κ2) is 7.12. The van der Waals surface area contributed by atoms with Gasteiger partial charge in [-0.05, 0) is 30.7 Å². The normalized spacial score (nSPS) is 10.7. The summed E-state index contributed by atoms with van der Waals surface area (Å²) in [6, 6.07) is 5.65. The van der Waals surface area contributed by atoms with E-state index in [1.165, 1.54) is 30.7 Å². The maximum Gasteiger partial charge on any atom is 0.287 e.